The maximum atomic E-state index is 5.24. The molecule has 0 amide bonds. The van der Waals surface area contributed by atoms with Crippen LogP contribution < -0.4 is 10.1 Å². The third kappa shape index (κ3) is 3.51. The topological polar surface area (TPSA) is 47.0 Å². The first-order chi connectivity index (χ1) is 14.8. The smallest absolute Gasteiger partial charge is 0.143 e. The van der Waals surface area contributed by atoms with Crippen LogP contribution in [-0.2, 0) is 0 Å². The van der Waals surface area contributed by atoms with Gasteiger partial charge in [0.15, 0.2) is 0 Å². The SMILES string of the molecule is COc1ccc(Nc2ncnc3scc(-c4ccc(-c5ccccc5)cc4)c23)cc1. The van der Waals surface area contributed by atoms with Crippen molar-refractivity contribution < 1.29 is 4.74 Å². The molecule has 146 valence electrons. The highest BCUT2D eigenvalue weighted by Crippen LogP contribution is 2.38. The molecule has 5 rings (SSSR count). The standard InChI is InChI=1S/C25H19N3OS/c1-29-21-13-11-20(12-14-21)28-24-23-22(15-30-25(23)27-16-26-24)19-9-7-18(8-10-19)17-5-3-2-4-6-17/h2-16H,1H3,(H,26,27,28). The predicted molar refractivity (Wildman–Crippen MR) is 125 cm³/mol. The van der Waals surface area contributed by atoms with Gasteiger partial charge in [0.1, 0.15) is 22.7 Å². The van der Waals surface area contributed by atoms with Crippen LogP contribution in [0.3, 0.4) is 0 Å². The molecule has 0 bridgehead atoms. The normalized spacial score (nSPS) is 10.8. The van der Waals surface area contributed by atoms with Crippen LogP contribution in [0.1, 0.15) is 0 Å². The molecule has 0 saturated carbocycles. The average Bonchev–Trinajstić information content (AvgIpc) is 3.26. The van der Waals surface area contributed by atoms with Crippen LogP contribution in [0.5, 0.6) is 5.75 Å². The predicted octanol–water partition coefficient (Wildman–Crippen LogP) is 6.78. The highest BCUT2D eigenvalue weighted by molar-refractivity contribution is 7.17. The van der Waals surface area contributed by atoms with E-state index in [0.29, 0.717) is 0 Å². The van der Waals surface area contributed by atoms with Gasteiger partial charge in [0.25, 0.3) is 0 Å². The van der Waals surface area contributed by atoms with Crippen molar-refractivity contribution in [2.45, 2.75) is 0 Å². The number of nitrogens with zero attached hydrogens (tertiary/aromatic N) is 2. The molecule has 0 spiro atoms. The van der Waals surface area contributed by atoms with Gasteiger partial charge >= 0.3 is 0 Å². The van der Waals surface area contributed by atoms with Crippen molar-refractivity contribution in [1.29, 1.82) is 0 Å². The monoisotopic (exact) mass is 409 g/mol. The summed E-state index contributed by atoms with van der Waals surface area (Å²) >= 11 is 1.63. The molecule has 0 atom stereocenters. The second-order valence-electron chi connectivity index (χ2n) is 6.85. The lowest BCUT2D eigenvalue weighted by molar-refractivity contribution is 0.415. The number of rotatable bonds is 5. The zero-order valence-electron chi connectivity index (χ0n) is 16.4. The van der Waals surface area contributed by atoms with Gasteiger partial charge in [0.05, 0.1) is 12.5 Å². The van der Waals surface area contributed by atoms with Crippen LogP contribution in [0.25, 0.3) is 32.5 Å². The molecule has 4 nitrogen and oxygen atoms in total. The molecule has 1 N–H and O–H groups in total. The largest absolute Gasteiger partial charge is 0.497 e. The van der Waals surface area contributed by atoms with Crippen LogP contribution in [0, 0.1) is 0 Å². The summed E-state index contributed by atoms with van der Waals surface area (Å²) in [6.07, 6.45) is 1.60. The van der Waals surface area contributed by atoms with E-state index < -0.39 is 0 Å². The summed E-state index contributed by atoms with van der Waals surface area (Å²) in [7, 11) is 1.66. The van der Waals surface area contributed by atoms with Gasteiger partial charge in [0, 0.05) is 16.6 Å². The Kier molecular flexibility index (Phi) is 4.87. The zero-order valence-corrected chi connectivity index (χ0v) is 17.2. The first-order valence-corrected chi connectivity index (χ1v) is 10.5. The summed E-state index contributed by atoms with van der Waals surface area (Å²) in [5.74, 6) is 1.62. The minimum atomic E-state index is 0.800. The molecule has 2 heterocycles. The molecule has 0 aliphatic heterocycles. The molecule has 0 aliphatic rings. The van der Waals surface area contributed by atoms with E-state index in [4.69, 9.17) is 4.74 Å². The van der Waals surface area contributed by atoms with Crippen molar-refractivity contribution in [1.82, 2.24) is 9.97 Å². The second-order valence-corrected chi connectivity index (χ2v) is 7.71. The number of benzene rings is 3. The number of hydrogen-bond donors (Lipinski definition) is 1. The lowest BCUT2D eigenvalue weighted by atomic mass is 10.0. The van der Waals surface area contributed by atoms with Crippen LogP contribution >= 0.6 is 11.3 Å². The Hall–Kier alpha value is -3.70. The summed E-state index contributed by atoms with van der Waals surface area (Å²) < 4.78 is 5.24. The van der Waals surface area contributed by atoms with Gasteiger partial charge in [-0.3, -0.25) is 0 Å². The molecule has 0 radical (unpaired) electrons. The van der Waals surface area contributed by atoms with Crippen LogP contribution in [0.2, 0.25) is 0 Å². The molecule has 5 heteroatoms. The quantitative estimate of drug-likeness (QED) is 0.348. The highest BCUT2D eigenvalue weighted by Gasteiger charge is 2.13. The maximum Gasteiger partial charge on any atom is 0.143 e. The van der Waals surface area contributed by atoms with Crippen LogP contribution in [-0.4, -0.2) is 17.1 Å². The van der Waals surface area contributed by atoms with E-state index in [1.54, 1.807) is 24.8 Å². The maximum absolute atomic E-state index is 5.24. The molecule has 0 saturated heterocycles. The Morgan fingerprint density at radius 3 is 2.20 bits per heavy atom. The molecule has 0 fully saturated rings. The zero-order chi connectivity index (χ0) is 20.3. The number of fused-ring (bicyclic) bond motifs is 1. The number of ether oxygens (including phenoxy) is 1. The van der Waals surface area contributed by atoms with E-state index in [-0.39, 0.29) is 0 Å². The van der Waals surface area contributed by atoms with E-state index in [1.807, 2.05) is 30.3 Å². The third-order valence-corrected chi connectivity index (χ3v) is 5.91. The number of nitrogens with one attached hydrogen (secondary N) is 1. The Morgan fingerprint density at radius 2 is 1.47 bits per heavy atom. The Labute approximate surface area is 178 Å². The molecule has 0 aliphatic carbocycles. The number of thiophene rings is 1. The van der Waals surface area contributed by atoms with Crippen molar-refractivity contribution in [3.63, 3.8) is 0 Å². The van der Waals surface area contributed by atoms with E-state index in [2.05, 4.69) is 69.2 Å². The van der Waals surface area contributed by atoms with Crippen molar-refractivity contribution in [2.24, 2.45) is 0 Å². The van der Waals surface area contributed by atoms with Gasteiger partial charge in [-0.15, -0.1) is 11.3 Å². The van der Waals surface area contributed by atoms with Gasteiger partial charge in [-0.1, -0.05) is 54.6 Å². The van der Waals surface area contributed by atoms with Gasteiger partial charge in [0.2, 0.25) is 0 Å². The van der Waals surface area contributed by atoms with Crippen LogP contribution in [0.4, 0.5) is 11.5 Å². The number of hydrogen-bond acceptors (Lipinski definition) is 5. The molecule has 30 heavy (non-hydrogen) atoms. The summed E-state index contributed by atoms with van der Waals surface area (Å²) in [5.41, 5.74) is 5.64. The summed E-state index contributed by atoms with van der Waals surface area (Å²) in [6, 6.07) is 26.9. The van der Waals surface area contributed by atoms with Gasteiger partial charge < -0.3 is 10.1 Å². The second kappa shape index (κ2) is 7.97. The number of aromatic nitrogens is 2. The van der Waals surface area contributed by atoms with Crippen molar-refractivity contribution in [3.05, 3.63) is 90.6 Å². The number of anilines is 2. The summed E-state index contributed by atoms with van der Waals surface area (Å²) in [4.78, 5) is 9.95. The van der Waals surface area contributed by atoms with E-state index >= 15 is 0 Å². The lowest BCUT2D eigenvalue weighted by Crippen LogP contribution is -1.95. The summed E-state index contributed by atoms with van der Waals surface area (Å²) in [5, 5.41) is 6.61. The fourth-order valence-corrected chi connectivity index (χ4v) is 4.38. The lowest BCUT2D eigenvalue weighted by Gasteiger charge is -2.09. The minimum Gasteiger partial charge on any atom is -0.497 e. The van der Waals surface area contributed by atoms with Gasteiger partial charge in [-0.2, -0.15) is 0 Å². The van der Waals surface area contributed by atoms with E-state index in [1.165, 1.54) is 11.1 Å². The molecule has 5 aromatic rings. The number of methoxy groups -OCH3 is 1. The van der Waals surface area contributed by atoms with E-state index in [9.17, 15) is 0 Å². The highest BCUT2D eigenvalue weighted by atomic mass is 32.1. The Balaban J connectivity index is 1.52. The summed E-state index contributed by atoms with van der Waals surface area (Å²) in [6.45, 7) is 0. The molecule has 0 unspecified atom stereocenters. The van der Waals surface area contributed by atoms with Gasteiger partial charge in [-0.05, 0) is 41.0 Å². The first-order valence-electron chi connectivity index (χ1n) is 9.61. The fourth-order valence-electron chi connectivity index (χ4n) is 3.47. The molecular weight excluding hydrogens is 390 g/mol. The van der Waals surface area contributed by atoms with Gasteiger partial charge in [-0.25, -0.2) is 9.97 Å². The van der Waals surface area contributed by atoms with Crippen molar-refractivity contribution >= 4 is 33.1 Å². The minimum absolute atomic E-state index is 0.800. The van der Waals surface area contributed by atoms with Crippen molar-refractivity contribution in [2.75, 3.05) is 12.4 Å². The average molecular weight is 410 g/mol. The third-order valence-electron chi connectivity index (χ3n) is 5.03. The molecule has 2 aromatic heterocycles. The first kappa shape index (κ1) is 18.3. The fraction of sp³-hybridized carbons (Fsp3) is 0.0400. The Morgan fingerprint density at radius 1 is 0.767 bits per heavy atom. The van der Waals surface area contributed by atoms with Crippen LogP contribution in [0.15, 0.2) is 90.6 Å². The molecular formula is C25H19N3OS. The molecule has 3 aromatic carbocycles. The van der Waals surface area contributed by atoms with E-state index in [0.717, 1.165) is 38.6 Å². The Bertz CT molecular complexity index is 1280. The van der Waals surface area contributed by atoms with Crippen molar-refractivity contribution in [3.8, 4) is 28.0 Å².